The lowest BCUT2D eigenvalue weighted by Crippen LogP contribution is -2.57. The Hall–Kier alpha value is -2.08. The molecule has 2 heterocycles. The van der Waals surface area contributed by atoms with Crippen LogP contribution < -0.4 is 0 Å². The van der Waals surface area contributed by atoms with Crippen LogP contribution >= 0.6 is 0 Å². The molecule has 0 saturated carbocycles. The monoisotopic (exact) mass is 411 g/mol. The molecule has 10 nitrogen and oxygen atoms in total. The van der Waals surface area contributed by atoms with E-state index in [0.29, 0.717) is 31.7 Å². The van der Waals surface area contributed by atoms with Crippen LogP contribution in [-0.4, -0.2) is 97.1 Å². The normalized spacial score (nSPS) is 20.3. The van der Waals surface area contributed by atoms with Crippen LogP contribution in [0.1, 0.15) is 15.9 Å². The maximum Gasteiger partial charge on any atom is 0.282 e. The van der Waals surface area contributed by atoms with Gasteiger partial charge in [-0.3, -0.25) is 14.9 Å². The quantitative estimate of drug-likeness (QED) is 0.516. The van der Waals surface area contributed by atoms with Gasteiger partial charge < -0.3 is 9.80 Å². The van der Waals surface area contributed by atoms with Gasteiger partial charge in [0.15, 0.2) is 0 Å². The number of rotatable bonds is 4. The Kier molecular flexibility index (Phi) is 5.98. The van der Waals surface area contributed by atoms with Crippen molar-refractivity contribution < 1.29 is 18.1 Å². The van der Waals surface area contributed by atoms with Gasteiger partial charge in [0, 0.05) is 69.6 Å². The minimum Gasteiger partial charge on any atom is -0.336 e. The fourth-order valence-corrected chi connectivity index (χ4v) is 5.00. The van der Waals surface area contributed by atoms with Gasteiger partial charge in [0.2, 0.25) is 0 Å². The Morgan fingerprint density at radius 2 is 1.54 bits per heavy atom. The summed E-state index contributed by atoms with van der Waals surface area (Å²) in [6, 6.07) is 4.41. The number of benzene rings is 1. The first-order chi connectivity index (χ1) is 13.2. The zero-order chi connectivity index (χ0) is 20.5. The van der Waals surface area contributed by atoms with Gasteiger partial charge in [-0.1, -0.05) is 6.07 Å². The maximum absolute atomic E-state index is 12.8. The minimum absolute atomic E-state index is 0.0952. The number of nitrogens with zero attached hydrogens (tertiary/aromatic N) is 5. The van der Waals surface area contributed by atoms with E-state index in [0.717, 1.165) is 0 Å². The van der Waals surface area contributed by atoms with Crippen molar-refractivity contribution in [3.63, 3.8) is 0 Å². The van der Waals surface area contributed by atoms with Crippen LogP contribution in [0.3, 0.4) is 0 Å². The number of nitro groups is 1. The zero-order valence-corrected chi connectivity index (χ0v) is 16.9. The van der Waals surface area contributed by atoms with E-state index >= 15 is 0 Å². The predicted molar refractivity (Wildman–Crippen MR) is 103 cm³/mol. The fourth-order valence-electron chi connectivity index (χ4n) is 3.43. The van der Waals surface area contributed by atoms with Crippen LogP contribution in [0.2, 0.25) is 0 Å². The maximum atomic E-state index is 12.8. The lowest BCUT2D eigenvalue weighted by atomic mass is 10.1. The molecule has 1 amide bonds. The second kappa shape index (κ2) is 8.11. The van der Waals surface area contributed by atoms with Crippen molar-refractivity contribution in [1.29, 1.82) is 0 Å². The second-order valence-electron chi connectivity index (χ2n) is 7.16. The first kappa shape index (κ1) is 20.6. The SMILES string of the molecule is Cc1ccc(C(=O)N2CCN(S(=O)(=O)N3CCN(C)CC3)CC2)cc1[N+](=O)[O-]. The molecule has 0 spiro atoms. The summed E-state index contributed by atoms with van der Waals surface area (Å²) >= 11 is 0. The lowest BCUT2D eigenvalue weighted by Gasteiger charge is -2.39. The van der Waals surface area contributed by atoms with Crippen LogP contribution in [0.4, 0.5) is 5.69 Å². The molecular weight excluding hydrogens is 386 g/mol. The van der Waals surface area contributed by atoms with Crippen molar-refractivity contribution in [1.82, 2.24) is 18.4 Å². The molecule has 0 radical (unpaired) electrons. The van der Waals surface area contributed by atoms with Gasteiger partial charge in [-0.15, -0.1) is 0 Å². The molecule has 0 N–H and O–H groups in total. The molecule has 2 aliphatic heterocycles. The highest BCUT2D eigenvalue weighted by molar-refractivity contribution is 7.86. The summed E-state index contributed by atoms with van der Waals surface area (Å²) in [7, 11) is -1.57. The molecule has 28 heavy (non-hydrogen) atoms. The molecule has 2 fully saturated rings. The molecule has 0 aromatic heterocycles. The summed E-state index contributed by atoms with van der Waals surface area (Å²) < 4.78 is 28.5. The average molecular weight is 411 g/mol. The Morgan fingerprint density at radius 1 is 1.00 bits per heavy atom. The Bertz CT molecular complexity index is 859. The average Bonchev–Trinajstić information content (AvgIpc) is 2.68. The van der Waals surface area contributed by atoms with Crippen LogP contribution in [0, 0.1) is 17.0 Å². The molecule has 1 aromatic carbocycles. The summed E-state index contributed by atoms with van der Waals surface area (Å²) in [5.74, 6) is -0.320. The number of nitro benzene ring substituents is 1. The molecule has 2 saturated heterocycles. The van der Waals surface area contributed by atoms with Crippen molar-refractivity contribution in [3.05, 3.63) is 39.4 Å². The summed E-state index contributed by atoms with van der Waals surface area (Å²) in [5, 5.41) is 11.1. The summed E-state index contributed by atoms with van der Waals surface area (Å²) in [5.41, 5.74) is 0.638. The minimum atomic E-state index is -3.53. The third-order valence-corrected chi connectivity index (χ3v) is 7.33. The van der Waals surface area contributed by atoms with Gasteiger partial charge in [0.1, 0.15) is 0 Å². The summed E-state index contributed by atoms with van der Waals surface area (Å²) in [6.07, 6.45) is 0. The molecule has 1 aromatic rings. The summed E-state index contributed by atoms with van der Waals surface area (Å²) in [4.78, 5) is 26.9. The predicted octanol–water partition coefficient (Wildman–Crippen LogP) is 0.153. The van der Waals surface area contributed by atoms with Crippen molar-refractivity contribution >= 4 is 21.8 Å². The van der Waals surface area contributed by atoms with Gasteiger partial charge in [0.05, 0.1) is 4.92 Å². The number of likely N-dealkylation sites (N-methyl/N-ethyl adjacent to an activating group) is 1. The van der Waals surface area contributed by atoms with E-state index in [-0.39, 0.29) is 43.3 Å². The number of carbonyl (C=O) groups excluding carboxylic acids is 1. The van der Waals surface area contributed by atoms with E-state index in [9.17, 15) is 23.3 Å². The van der Waals surface area contributed by atoms with E-state index in [1.807, 2.05) is 7.05 Å². The van der Waals surface area contributed by atoms with Crippen LogP contribution in [-0.2, 0) is 10.2 Å². The number of piperazine rings is 2. The summed E-state index contributed by atoms with van der Waals surface area (Å²) in [6.45, 7) is 4.89. The number of hydrogen-bond donors (Lipinski definition) is 0. The highest BCUT2D eigenvalue weighted by atomic mass is 32.2. The molecular formula is C17H25N5O5S. The molecule has 11 heteroatoms. The van der Waals surface area contributed by atoms with Crippen LogP contribution in [0.5, 0.6) is 0 Å². The molecule has 0 unspecified atom stereocenters. The third kappa shape index (κ3) is 4.17. The van der Waals surface area contributed by atoms with Crippen LogP contribution in [0.15, 0.2) is 18.2 Å². The van der Waals surface area contributed by atoms with Gasteiger partial charge in [-0.2, -0.15) is 17.0 Å². The number of hydrogen-bond acceptors (Lipinski definition) is 6. The van der Waals surface area contributed by atoms with Gasteiger partial charge in [0.25, 0.3) is 21.8 Å². The molecule has 3 rings (SSSR count). The van der Waals surface area contributed by atoms with E-state index < -0.39 is 15.1 Å². The smallest absolute Gasteiger partial charge is 0.282 e. The van der Waals surface area contributed by atoms with Crippen molar-refractivity contribution in [2.24, 2.45) is 0 Å². The molecule has 0 bridgehead atoms. The van der Waals surface area contributed by atoms with E-state index in [1.54, 1.807) is 24.0 Å². The van der Waals surface area contributed by atoms with E-state index in [4.69, 9.17) is 0 Å². The van der Waals surface area contributed by atoms with Gasteiger partial charge >= 0.3 is 0 Å². The Balaban J connectivity index is 1.64. The Labute approximate surface area is 164 Å². The molecule has 0 aliphatic carbocycles. The lowest BCUT2D eigenvalue weighted by molar-refractivity contribution is -0.385. The first-order valence-corrected chi connectivity index (χ1v) is 10.6. The van der Waals surface area contributed by atoms with E-state index in [2.05, 4.69) is 4.90 Å². The first-order valence-electron chi connectivity index (χ1n) is 9.18. The Morgan fingerprint density at radius 3 is 2.07 bits per heavy atom. The van der Waals surface area contributed by atoms with Crippen LogP contribution in [0.25, 0.3) is 0 Å². The van der Waals surface area contributed by atoms with Crippen molar-refractivity contribution in [3.8, 4) is 0 Å². The zero-order valence-electron chi connectivity index (χ0n) is 16.1. The highest BCUT2D eigenvalue weighted by Gasteiger charge is 2.35. The third-order valence-electron chi connectivity index (χ3n) is 5.29. The molecule has 0 atom stereocenters. The standard InChI is InChI=1S/C17H25N5O5S/c1-14-3-4-15(13-16(14)22(24)25)17(23)19-7-11-21(12-8-19)28(26,27)20-9-5-18(2)6-10-20/h3-4,13H,5-12H2,1-2H3. The topological polar surface area (TPSA) is 107 Å². The van der Waals surface area contributed by atoms with Crippen molar-refractivity contribution in [2.75, 3.05) is 59.4 Å². The second-order valence-corrected chi connectivity index (χ2v) is 9.09. The van der Waals surface area contributed by atoms with Gasteiger partial charge in [-0.05, 0) is 20.0 Å². The fraction of sp³-hybridized carbons (Fsp3) is 0.588. The number of aryl methyl sites for hydroxylation is 1. The van der Waals surface area contributed by atoms with Crippen molar-refractivity contribution in [2.45, 2.75) is 6.92 Å². The number of amides is 1. The highest BCUT2D eigenvalue weighted by Crippen LogP contribution is 2.21. The molecule has 154 valence electrons. The molecule has 2 aliphatic rings. The van der Waals surface area contributed by atoms with E-state index in [1.165, 1.54) is 14.7 Å². The number of carbonyl (C=O) groups is 1. The van der Waals surface area contributed by atoms with Gasteiger partial charge in [-0.25, -0.2) is 0 Å². The largest absolute Gasteiger partial charge is 0.336 e.